The summed E-state index contributed by atoms with van der Waals surface area (Å²) in [5.74, 6) is -0.244. The zero-order valence-electron chi connectivity index (χ0n) is 13.2. The van der Waals surface area contributed by atoms with E-state index < -0.39 is 11.7 Å². The van der Waals surface area contributed by atoms with Crippen LogP contribution in [0.15, 0.2) is 48.5 Å². The molecule has 0 bridgehead atoms. The highest BCUT2D eigenvalue weighted by atomic mass is 32.1. The first kappa shape index (κ1) is 16.8. The molecule has 0 fully saturated rings. The Bertz CT molecular complexity index is 885. The highest BCUT2D eigenvalue weighted by Crippen LogP contribution is 2.28. The van der Waals surface area contributed by atoms with Crippen molar-refractivity contribution in [1.29, 1.82) is 0 Å². The molecule has 8 heteroatoms. The molecule has 1 amide bonds. The molecule has 3 aromatic rings. The summed E-state index contributed by atoms with van der Waals surface area (Å²) in [6, 6.07) is 13.3. The van der Waals surface area contributed by atoms with Crippen molar-refractivity contribution in [2.24, 2.45) is 0 Å². The fourth-order valence-electron chi connectivity index (χ4n) is 2.01. The SMILES string of the molecule is COc1cccc(-c2nnc(NC(=O)COc3ccccc3F)s2)c1. The van der Waals surface area contributed by atoms with Gasteiger partial charge in [-0.1, -0.05) is 35.6 Å². The molecule has 0 atom stereocenters. The highest BCUT2D eigenvalue weighted by Gasteiger charge is 2.11. The van der Waals surface area contributed by atoms with Crippen molar-refractivity contribution in [3.05, 3.63) is 54.3 Å². The third-order valence-electron chi connectivity index (χ3n) is 3.18. The molecule has 0 radical (unpaired) electrons. The van der Waals surface area contributed by atoms with Crippen LogP contribution in [0.3, 0.4) is 0 Å². The molecule has 0 saturated carbocycles. The van der Waals surface area contributed by atoms with Crippen LogP contribution in [0.4, 0.5) is 9.52 Å². The molecule has 1 heterocycles. The van der Waals surface area contributed by atoms with Gasteiger partial charge in [-0.3, -0.25) is 10.1 Å². The molecular formula is C17H14FN3O3S. The van der Waals surface area contributed by atoms with Crippen LogP contribution in [0.25, 0.3) is 10.6 Å². The van der Waals surface area contributed by atoms with Crippen molar-refractivity contribution in [1.82, 2.24) is 10.2 Å². The van der Waals surface area contributed by atoms with E-state index in [-0.39, 0.29) is 12.4 Å². The monoisotopic (exact) mass is 359 g/mol. The zero-order valence-corrected chi connectivity index (χ0v) is 14.0. The summed E-state index contributed by atoms with van der Waals surface area (Å²) in [5.41, 5.74) is 0.833. The quantitative estimate of drug-likeness (QED) is 0.730. The van der Waals surface area contributed by atoms with E-state index in [2.05, 4.69) is 15.5 Å². The summed E-state index contributed by atoms with van der Waals surface area (Å²) >= 11 is 1.22. The second kappa shape index (κ2) is 7.71. The minimum absolute atomic E-state index is 0.0204. The number of rotatable bonds is 6. The Hall–Kier alpha value is -3.00. The van der Waals surface area contributed by atoms with Gasteiger partial charge in [0.15, 0.2) is 18.2 Å². The van der Waals surface area contributed by atoms with Crippen LogP contribution >= 0.6 is 11.3 Å². The first-order chi connectivity index (χ1) is 12.2. The van der Waals surface area contributed by atoms with Crippen LogP contribution in [-0.2, 0) is 4.79 Å². The number of carbonyl (C=O) groups excluding carboxylic acids is 1. The molecule has 0 spiro atoms. The summed E-state index contributed by atoms with van der Waals surface area (Å²) in [6.07, 6.45) is 0. The highest BCUT2D eigenvalue weighted by molar-refractivity contribution is 7.18. The molecule has 0 aliphatic heterocycles. The fourth-order valence-corrected chi connectivity index (χ4v) is 2.76. The summed E-state index contributed by atoms with van der Waals surface area (Å²) in [7, 11) is 1.58. The van der Waals surface area contributed by atoms with E-state index in [0.29, 0.717) is 15.9 Å². The van der Waals surface area contributed by atoms with Crippen LogP contribution in [-0.4, -0.2) is 29.8 Å². The number of anilines is 1. The van der Waals surface area contributed by atoms with E-state index >= 15 is 0 Å². The molecule has 0 saturated heterocycles. The van der Waals surface area contributed by atoms with Crippen LogP contribution in [0.1, 0.15) is 0 Å². The zero-order chi connectivity index (χ0) is 17.6. The lowest BCUT2D eigenvalue weighted by Gasteiger charge is -2.06. The predicted molar refractivity (Wildman–Crippen MR) is 92.4 cm³/mol. The van der Waals surface area contributed by atoms with Gasteiger partial charge in [0.05, 0.1) is 7.11 Å². The molecule has 3 rings (SSSR count). The van der Waals surface area contributed by atoms with Gasteiger partial charge < -0.3 is 9.47 Å². The molecular weight excluding hydrogens is 345 g/mol. The summed E-state index contributed by atoms with van der Waals surface area (Å²) in [6.45, 7) is -0.324. The van der Waals surface area contributed by atoms with E-state index in [9.17, 15) is 9.18 Å². The second-order valence-corrected chi connectivity index (χ2v) is 5.89. The number of nitrogens with one attached hydrogen (secondary N) is 1. The minimum Gasteiger partial charge on any atom is -0.497 e. The Labute approximate surface area is 147 Å². The number of benzene rings is 2. The number of hydrogen-bond acceptors (Lipinski definition) is 6. The number of aromatic nitrogens is 2. The van der Waals surface area contributed by atoms with Gasteiger partial charge in [0.1, 0.15) is 10.8 Å². The first-order valence-electron chi connectivity index (χ1n) is 7.31. The van der Waals surface area contributed by atoms with Crippen LogP contribution in [0, 0.1) is 5.82 Å². The number of halogens is 1. The van der Waals surface area contributed by atoms with Crippen LogP contribution in [0.5, 0.6) is 11.5 Å². The van der Waals surface area contributed by atoms with Crippen molar-refractivity contribution in [3.63, 3.8) is 0 Å². The lowest BCUT2D eigenvalue weighted by atomic mass is 10.2. The van der Waals surface area contributed by atoms with Crippen molar-refractivity contribution in [2.45, 2.75) is 0 Å². The molecule has 0 aliphatic rings. The number of carbonyl (C=O) groups is 1. The average molecular weight is 359 g/mol. The topological polar surface area (TPSA) is 73.3 Å². The van der Waals surface area contributed by atoms with Gasteiger partial charge in [-0.25, -0.2) is 4.39 Å². The molecule has 0 unspecified atom stereocenters. The standard InChI is InChI=1S/C17H14FN3O3S/c1-23-12-6-4-5-11(9-12)16-20-21-17(25-16)19-15(22)10-24-14-8-3-2-7-13(14)18/h2-9H,10H2,1H3,(H,19,21,22). The third-order valence-corrected chi connectivity index (χ3v) is 4.07. The van der Waals surface area contributed by atoms with E-state index in [1.54, 1.807) is 19.2 Å². The van der Waals surface area contributed by atoms with Gasteiger partial charge in [0.25, 0.3) is 5.91 Å². The fraction of sp³-hybridized carbons (Fsp3) is 0.118. The predicted octanol–water partition coefficient (Wildman–Crippen LogP) is 3.37. The third kappa shape index (κ3) is 4.30. The van der Waals surface area contributed by atoms with Crippen molar-refractivity contribution < 1.29 is 18.7 Å². The lowest BCUT2D eigenvalue weighted by molar-refractivity contribution is -0.118. The Morgan fingerprint density at radius 1 is 1.20 bits per heavy atom. The summed E-state index contributed by atoms with van der Waals surface area (Å²) in [4.78, 5) is 11.9. The first-order valence-corrected chi connectivity index (χ1v) is 8.12. The van der Waals surface area contributed by atoms with Gasteiger partial charge >= 0.3 is 0 Å². The number of methoxy groups -OCH3 is 1. The molecule has 0 aliphatic carbocycles. The number of nitrogens with zero attached hydrogens (tertiary/aromatic N) is 2. The molecule has 1 N–H and O–H groups in total. The maximum absolute atomic E-state index is 13.4. The number of hydrogen-bond donors (Lipinski definition) is 1. The molecule has 6 nitrogen and oxygen atoms in total. The van der Waals surface area contributed by atoms with Crippen LogP contribution in [0.2, 0.25) is 0 Å². The maximum Gasteiger partial charge on any atom is 0.264 e. The largest absolute Gasteiger partial charge is 0.497 e. The molecule has 1 aromatic heterocycles. The van der Waals surface area contributed by atoms with E-state index in [1.165, 1.54) is 23.5 Å². The summed E-state index contributed by atoms with van der Waals surface area (Å²) < 4.78 is 23.7. The van der Waals surface area contributed by atoms with E-state index in [0.717, 1.165) is 5.56 Å². The number of amides is 1. The van der Waals surface area contributed by atoms with Gasteiger partial charge in [-0.05, 0) is 24.3 Å². The Morgan fingerprint density at radius 2 is 2.04 bits per heavy atom. The molecule has 128 valence electrons. The minimum atomic E-state index is -0.522. The van der Waals surface area contributed by atoms with Crippen molar-refractivity contribution in [2.75, 3.05) is 19.0 Å². The second-order valence-electron chi connectivity index (χ2n) is 4.91. The van der Waals surface area contributed by atoms with Gasteiger partial charge in [-0.15, -0.1) is 10.2 Å². The number of para-hydroxylation sites is 1. The van der Waals surface area contributed by atoms with E-state index in [4.69, 9.17) is 9.47 Å². The molecule has 2 aromatic carbocycles. The Kier molecular flexibility index (Phi) is 5.20. The summed E-state index contributed by atoms with van der Waals surface area (Å²) in [5, 5.41) is 11.5. The van der Waals surface area contributed by atoms with Crippen molar-refractivity contribution >= 4 is 22.4 Å². The average Bonchev–Trinajstić information content (AvgIpc) is 3.09. The Morgan fingerprint density at radius 3 is 2.84 bits per heavy atom. The van der Waals surface area contributed by atoms with E-state index in [1.807, 2.05) is 24.3 Å². The lowest BCUT2D eigenvalue weighted by Crippen LogP contribution is -2.20. The number of ether oxygens (including phenoxy) is 2. The smallest absolute Gasteiger partial charge is 0.264 e. The van der Waals surface area contributed by atoms with Crippen molar-refractivity contribution in [3.8, 4) is 22.1 Å². The maximum atomic E-state index is 13.4. The Balaban J connectivity index is 1.61. The normalized spacial score (nSPS) is 10.3. The van der Waals surface area contributed by atoms with Gasteiger partial charge in [0.2, 0.25) is 5.13 Å². The van der Waals surface area contributed by atoms with Gasteiger partial charge in [0, 0.05) is 5.56 Å². The molecule has 25 heavy (non-hydrogen) atoms. The van der Waals surface area contributed by atoms with Crippen LogP contribution < -0.4 is 14.8 Å². The van der Waals surface area contributed by atoms with Gasteiger partial charge in [-0.2, -0.15) is 0 Å².